The van der Waals surface area contributed by atoms with Crippen LogP contribution in [0.25, 0.3) is 0 Å². The first kappa shape index (κ1) is 18.0. The number of halogens is 1. The molecule has 0 aromatic rings. The van der Waals surface area contributed by atoms with Crippen molar-refractivity contribution in [1.82, 2.24) is 0 Å². The summed E-state index contributed by atoms with van der Waals surface area (Å²) in [5.41, 5.74) is -0.655. The van der Waals surface area contributed by atoms with Gasteiger partial charge in [-0.2, -0.15) is 0 Å². The molecule has 0 bridgehead atoms. The lowest BCUT2D eigenvalue weighted by molar-refractivity contribution is -0.137. The van der Waals surface area contributed by atoms with Crippen molar-refractivity contribution in [3.8, 4) is 0 Å². The number of Topliss-reactive ketones (excluding diaryl/α,β-unsaturated/α-hetero) is 1. The van der Waals surface area contributed by atoms with Gasteiger partial charge in [0.2, 0.25) is 0 Å². The van der Waals surface area contributed by atoms with Gasteiger partial charge in [-0.3, -0.25) is 0 Å². The fraction of sp³-hybridized carbons (Fsp3) is 0.952. The van der Waals surface area contributed by atoms with Gasteiger partial charge in [-0.1, -0.05) is 6.92 Å². The zero-order valence-electron chi connectivity index (χ0n) is 15.7. The Morgan fingerprint density at radius 2 is 1.76 bits per heavy atom. The molecule has 0 aromatic heterocycles. The van der Waals surface area contributed by atoms with Crippen LogP contribution in [0.1, 0.15) is 65.2 Å². The van der Waals surface area contributed by atoms with E-state index >= 15 is 4.39 Å². The minimum absolute atomic E-state index is 0.0321. The maximum atomic E-state index is 15.1. The average molecular weight is 346 g/mol. The minimum atomic E-state index is -0.787. The SMILES string of the molecule is [B]CC(=O)C1CCC2C3CC(F)C4CC(C)(O)CCC4C3CCC12C. The maximum Gasteiger partial charge on any atom is 0.128 e. The van der Waals surface area contributed by atoms with Crippen molar-refractivity contribution < 1.29 is 14.3 Å². The Labute approximate surface area is 152 Å². The predicted octanol–water partition coefficient (Wildman–Crippen LogP) is 4.11. The Hall–Kier alpha value is -0.375. The quantitative estimate of drug-likeness (QED) is 0.764. The molecule has 4 fully saturated rings. The topological polar surface area (TPSA) is 37.3 Å². The number of carbonyl (C=O) groups excluding carboxylic acids is 1. The third-order valence-corrected chi connectivity index (χ3v) is 8.84. The van der Waals surface area contributed by atoms with Crippen molar-refractivity contribution in [3.63, 3.8) is 0 Å². The minimum Gasteiger partial charge on any atom is -0.390 e. The second-order valence-electron chi connectivity index (χ2n) is 10.1. The zero-order chi connectivity index (χ0) is 18.0. The van der Waals surface area contributed by atoms with Crippen LogP contribution in [0.15, 0.2) is 0 Å². The molecule has 4 aliphatic rings. The second kappa shape index (κ2) is 6.07. The smallest absolute Gasteiger partial charge is 0.128 e. The molecular formula is C21H32BFO2. The van der Waals surface area contributed by atoms with E-state index in [1.165, 1.54) is 0 Å². The molecule has 0 amide bonds. The Kier molecular flexibility index (Phi) is 4.37. The van der Waals surface area contributed by atoms with Gasteiger partial charge in [-0.25, -0.2) is 4.39 Å². The first-order valence-corrected chi connectivity index (χ1v) is 10.4. The molecule has 9 unspecified atom stereocenters. The number of rotatable bonds is 2. The number of carbonyl (C=O) groups is 1. The maximum absolute atomic E-state index is 15.1. The Morgan fingerprint density at radius 3 is 2.48 bits per heavy atom. The van der Waals surface area contributed by atoms with E-state index in [1.807, 2.05) is 6.92 Å². The third kappa shape index (κ3) is 2.73. The zero-order valence-corrected chi connectivity index (χ0v) is 15.7. The lowest BCUT2D eigenvalue weighted by atomic mass is 9.48. The van der Waals surface area contributed by atoms with Gasteiger partial charge in [-0.15, -0.1) is 0 Å². The molecule has 0 spiro atoms. The Morgan fingerprint density at radius 1 is 1.08 bits per heavy atom. The van der Waals surface area contributed by atoms with Crippen molar-refractivity contribution >= 4 is 13.6 Å². The van der Waals surface area contributed by atoms with Gasteiger partial charge in [-0.05, 0) is 99.6 Å². The van der Waals surface area contributed by atoms with Gasteiger partial charge in [0, 0.05) is 5.92 Å². The van der Waals surface area contributed by atoms with E-state index in [4.69, 9.17) is 7.85 Å². The molecule has 25 heavy (non-hydrogen) atoms. The fourth-order valence-electron chi connectivity index (χ4n) is 7.67. The van der Waals surface area contributed by atoms with Crippen LogP contribution in [0.2, 0.25) is 6.32 Å². The average Bonchev–Trinajstić information content (AvgIpc) is 2.91. The molecule has 2 nitrogen and oxygen atoms in total. The Balaban J connectivity index is 1.58. The summed E-state index contributed by atoms with van der Waals surface area (Å²) >= 11 is 0. The summed E-state index contributed by atoms with van der Waals surface area (Å²) in [6.45, 7) is 4.16. The normalized spacial score (nSPS) is 55.1. The number of hydrogen-bond acceptors (Lipinski definition) is 2. The molecule has 4 rings (SSSR count). The largest absolute Gasteiger partial charge is 0.390 e. The molecule has 0 saturated heterocycles. The molecule has 1 N–H and O–H groups in total. The van der Waals surface area contributed by atoms with Gasteiger partial charge in [0.25, 0.3) is 0 Å². The summed E-state index contributed by atoms with van der Waals surface area (Å²) < 4.78 is 15.1. The van der Waals surface area contributed by atoms with Gasteiger partial charge >= 0.3 is 0 Å². The van der Waals surface area contributed by atoms with Gasteiger partial charge in [0.15, 0.2) is 0 Å². The van der Waals surface area contributed by atoms with E-state index in [-0.39, 0.29) is 29.4 Å². The highest BCUT2D eigenvalue weighted by molar-refractivity contribution is 6.20. The molecule has 2 radical (unpaired) electrons. The molecule has 4 aliphatic carbocycles. The molecular weight excluding hydrogens is 314 g/mol. The number of alkyl halides is 1. The predicted molar refractivity (Wildman–Crippen MR) is 97.1 cm³/mol. The van der Waals surface area contributed by atoms with Crippen LogP contribution in [-0.4, -0.2) is 30.5 Å². The van der Waals surface area contributed by atoms with Crippen molar-refractivity contribution in [2.24, 2.45) is 40.9 Å². The van der Waals surface area contributed by atoms with Crippen molar-refractivity contribution in [3.05, 3.63) is 0 Å². The molecule has 9 atom stereocenters. The van der Waals surface area contributed by atoms with Crippen LogP contribution in [0.4, 0.5) is 4.39 Å². The molecule has 138 valence electrons. The van der Waals surface area contributed by atoms with Crippen LogP contribution >= 0.6 is 0 Å². The highest BCUT2D eigenvalue weighted by Gasteiger charge is 2.60. The van der Waals surface area contributed by atoms with Crippen molar-refractivity contribution in [2.75, 3.05) is 0 Å². The first-order valence-electron chi connectivity index (χ1n) is 10.4. The molecule has 0 aromatic carbocycles. The van der Waals surface area contributed by atoms with Crippen LogP contribution in [0.5, 0.6) is 0 Å². The summed E-state index contributed by atoms with van der Waals surface area (Å²) in [7, 11) is 5.67. The highest BCUT2D eigenvalue weighted by atomic mass is 19.1. The van der Waals surface area contributed by atoms with E-state index in [0.29, 0.717) is 36.5 Å². The van der Waals surface area contributed by atoms with E-state index < -0.39 is 11.8 Å². The number of aliphatic hydroxyl groups is 1. The number of fused-ring (bicyclic) bond motifs is 5. The number of ketones is 1. The summed E-state index contributed by atoms with van der Waals surface area (Å²) in [5, 5.41) is 10.4. The van der Waals surface area contributed by atoms with Crippen LogP contribution in [-0.2, 0) is 4.79 Å². The summed E-state index contributed by atoms with van der Waals surface area (Å²) in [4.78, 5) is 12.4. The lowest BCUT2D eigenvalue weighted by Gasteiger charge is -2.57. The highest BCUT2D eigenvalue weighted by Crippen LogP contribution is 2.65. The van der Waals surface area contributed by atoms with Crippen LogP contribution < -0.4 is 0 Å². The Bertz CT molecular complexity index is 550. The second-order valence-corrected chi connectivity index (χ2v) is 10.1. The van der Waals surface area contributed by atoms with E-state index in [9.17, 15) is 9.90 Å². The van der Waals surface area contributed by atoms with Crippen LogP contribution in [0, 0.1) is 40.9 Å². The summed E-state index contributed by atoms with van der Waals surface area (Å²) in [5.74, 6) is 2.27. The molecule has 0 aliphatic heterocycles. The monoisotopic (exact) mass is 346 g/mol. The van der Waals surface area contributed by atoms with Gasteiger partial charge < -0.3 is 9.90 Å². The van der Waals surface area contributed by atoms with Crippen molar-refractivity contribution in [1.29, 1.82) is 0 Å². The van der Waals surface area contributed by atoms with E-state index in [1.54, 1.807) is 0 Å². The first-order chi connectivity index (χ1) is 11.8. The van der Waals surface area contributed by atoms with Gasteiger partial charge in [0.1, 0.15) is 12.0 Å². The van der Waals surface area contributed by atoms with E-state index in [0.717, 1.165) is 38.5 Å². The fourth-order valence-corrected chi connectivity index (χ4v) is 7.67. The summed E-state index contributed by atoms with van der Waals surface area (Å²) in [6.07, 6.45) is 6.62. The van der Waals surface area contributed by atoms with E-state index in [2.05, 4.69) is 6.92 Å². The lowest BCUT2D eigenvalue weighted by Crippen LogP contribution is -2.54. The third-order valence-electron chi connectivity index (χ3n) is 8.84. The van der Waals surface area contributed by atoms with Crippen molar-refractivity contribution in [2.45, 2.75) is 83.3 Å². The van der Waals surface area contributed by atoms with Gasteiger partial charge in [0.05, 0.1) is 13.4 Å². The standard InChI is InChI=1S/C21H32BFO2/c1-20(25)7-5-13-12-6-8-21(2)16(3-4-17(21)19(24)11-22)14(12)9-18(23)15(13)10-20/h12-18,25H,3-11H2,1-2H3. The van der Waals surface area contributed by atoms with Crippen LogP contribution in [0.3, 0.4) is 0 Å². The number of hydrogen-bond donors (Lipinski definition) is 1. The summed E-state index contributed by atoms with van der Waals surface area (Å²) in [6, 6.07) is 0. The molecule has 4 saturated carbocycles. The molecule has 4 heteroatoms. The molecule has 0 heterocycles.